The fraction of sp³-hybridized carbons (Fsp3) is 0.422. The predicted molar refractivity (Wildman–Crippen MR) is 223 cm³/mol. The molecule has 0 aliphatic heterocycles. The van der Waals surface area contributed by atoms with Gasteiger partial charge in [0.1, 0.15) is 18.1 Å². The fourth-order valence-electron chi connectivity index (χ4n) is 9.81. The number of amides is 1. The second-order valence-electron chi connectivity index (χ2n) is 17.2. The van der Waals surface area contributed by atoms with Crippen LogP contribution in [0.3, 0.4) is 0 Å². The molecule has 10 rings (SSSR count). The van der Waals surface area contributed by atoms with Crippen molar-refractivity contribution in [2.45, 2.75) is 88.8 Å². The Hall–Kier alpha value is -5.44. The summed E-state index contributed by atoms with van der Waals surface area (Å²) < 4.78 is 11.7. The number of phenolic OH excluding ortho intramolecular Hbond substituents is 1. The average molecular weight is 816 g/mol. The number of aromatic hydroxyl groups is 1. The first-order valence-electron chi connectivity index (χ1n) is 20.4. The number of aromatic amines is 1. The number of hydrogen-bond donors (Lipinski definition) is 5. The van der Waals surface area contributed by atoms with Crippen LogP contribution in [0.25, 0.3) is 32.7 Å². The number of aromatic nitrogens is 5. The maximum absolute atomic E-state index is 14.2. The molecule has 59 heavy (non-hydrogen) atoms. The highest BCUT2D eigenvalue weighted by Gasteiger charge is 2.68. The van der Waals surface area contributed by atoms with Crippen LogP contribution in [-0.2, 0) is 15.0 Å². The molecule has 0 saturated heterocycles. The number of carbonyl (C=O) groups is 2. The predicted octanol–water partition coefficient (Wildman–Crippen LogP) is 7.17. The van der Waals surface area contributed by atoms with Crippen molar-refractivity contribution >= 4 is 34.1 Å². The molecular formula is C45H49N7O6S. The molecule has 14 heteroatoms. The normalized spacial score (nSPS) is 24.4. The Balaban J connectivity index is 0.770. The summed E-state index contributed by atoms with van der Waals surface area (Å²) in [6.07, 6.45) is 2.72. The summed E-state index contributed by atoms with van der Waals surface area (Å²) in [6, 6.07) is 20.7. The number of aliphatic hydroxyl groups is 1. The molecule has 4 heterocycles. The number of thiazole rings is 1. The molecule has 4 fully saturated rings. The van der Waals surface area contributed by atoms with Gasteiger partial charge in [-0.2, -0.15) is 0 Å². The van der Waals surface area contributed by atoms with Crippen molar-refractivity contribution in [1.82, 2.24) is 36.0 Å². The number of fused-ring (bicyclic) bond motifs is 1. The van der Waals surface area contributed by atoms with Crippen LogP contribution in [0.2, 0.25) is 0 Å². The third-order valence-corrected chi connectivity index (χ3v) is 13.8. The number of H-pyrrole nitrogens is 1. The van der Waals surface area contributed by atoms with Crippen molar-refractivity contribution in [3.05, 3.63) is 95.0 Å². The first-order chi connectivity index (χ1) is 28.4. The van der Waals surface area contributed by atoms with Gasteiger partial charge in [0.15, 0.2) is 11.4 Å². The van der Waals surface area contributed by atoms with Gasteiger partial charge in [-0.15, -0.1) is 21.5 Å². The summed E-state index contributed by atoms with van der Waals surface area (Å²) in [5.41, 5.74) is 8.20. The molecule has 306 valence electrons. The first kappa shape index (κ1) is 39.0. The first-order valence-corrected chi connectivity index (χ1v) is 21.3. The van der Waals surface area contributed by atoms with Crippen LogP contribution in [0.5, 0.6) is 11.6 Å². The van der Waals surface area contributed by atoms with Gasteiger partial charge in [-0.1, -0.05) is 50.2 Å². The van der Waals surface area contributed by atoms with Crippen LogP contribution in [0.15, 0.2) is 76.8 Å². The molecule has 1 unspecified atom stereocenters. The molecule has 4 aliphatic carbocycles. The van der Waals surface area contributed by atoms with E-state index in [1.807, 2.05) is 75.7 Å². The van der Waals surface area contributed by atoms with Crippen molar-refractivity contribution in [3.63, 3.8) is 0 Å². The largest absolute Gasteiger partial charge is 0.507 e. The van der Waals surface area contributed by atoms with Gasteiger partial charge in [-0.25, -0.2) is 4.98 Å². The third-order valence-electron chi connectivity index (χ3n) is 12.8. The van der Waals surface area contributed by atoms with Gasteiger partial charge in [0.2, 0.25) is 5.91 Å². The molecule has 2 aromatic carbocycles. The molecule has 13 nitrogen and oxygen atoms in total. The summed E-state index contributed by atoms with van der Waals surface area (Å²) in [6.45, 7) is 8.81. The van der Waals surface area contributed by atoms with Gasteiger partial charge in [0.25, 0.3) is 5.88 Å². The monoisotopic (exact) mass is 815 g/mol. The van der Waals surface area contributed by atoms with E-state index in [1.54, 1.807) is 29.5 Å². The molecule has 4 aliphatic rings. The summed E-state index contributed by atoms with van der Waals surface area (Å²) in [5.74, 6) is -1.58. The van der Waals surface area contributed by atoms with Gasteiger partial charge in [-0.3, -0.25) is 9.59 Å². The highest BCUT2D eigenvalue weighted by atomic mass is 32.1. The number of aliphatic hydroxyl groups excluding tert-OH is 1. The molecule has 5 N–H and O–H groups in total. The van der Waals surface area contributed by atoms with Gasteiger partial charge >= 0.3 is 0 Å². The smallest absolute Gasteiger partial charge is 0.254 e. The Morgan fingerprint density at radius 1 is 1.02 bits per heavy atom. The SMILES string of the molecule is Cc1ncsc1-c1ccc([C@H](C)NC(=O)[C@@H]2C[C@@H](O)CC2C(=O)[C@@H](c2cc(OCCNC34CC(c5cc6cc(-c7ccccc7O)nnc6[nH]5)(C3)C4)no2)C(C)C)cc1. The number of rotatable bonds is 15. The number of hydrogen-bond acceptors (Lipinski definition) is 12. The van der Waals surface area contributed by atoms with Crippen LogP contribution in [0, 0.1) is 24.7 Å². The maximum Gasteiger partial charge on any atom is 0.254 e. The zero-order valence-electron chi connectivity index (χ0n) is 33.6. The number of para-hydroxylation sites is 1. The highest BCUT2D eigenvalue weighted by molar-refractivity contribution is 7.13. The van der Waals surface area contributed by atoms with Gasteiger partial charge in [0.05, 0.1) is 45.8 Å². The maximum atomic E-state index is 14.2. The summed E-state index contributed by atoms with van der Waals surface area (Å²) in [4.78, 5) is 36.9. The number of nitrogens with one attached hydrogen (secondary N) is 3. The second kappa shape index (κ2) is 15.3. The van der Waals surface area contributed by atoms with Gasteiger partial charge in [0, 0.05) is 46.1 Å². The second-order valence-corrected chi connectivity index (χ2v) is 18.1. The molecule has 2 bridgehead atoms. The van der Waals surface area contributed by atoms with Crippen LogP contribution in [-0.4, -0.2) is 72.0 Å². The molecule has 4 aromatic heterocycles. The minimum absolute atomic E-state index is 0.0653. The van der Waals surface area contributed by atoms with Crippen LogP contribution in [0.4, 0.5) is 0 Å². The van der Waals surface area contributed by atoms with E-state index >= 15 is 0 Å². The van der Waals surface area contributed by atoms with E-state index in [2.05, 4.69) is 42.0 Å². The summed E-state index contributed by atoms with van der Waals surface area (Å²) >= 11 is 1.60. The van der Waals surface area contributed by atoms with E-state index in [-0.39, 0.29) is 53.2 Å². The van der Waals surface area contributed by atoms with Gasteiger partial charge in [-0.05, 0) is 92.4 Å². The zero-order chi connectivity index (χ0) is 41.1. The topological polar surface area (TPSA) is 188 Å². The minimum Gasteiger partial charge on any atom is -0.507 e. The van der Waals surface area contributed by atoms with Crippen molar-refractivity contribution in [1.29, 1.82) is 0 Å². The lowest BCUT2D eigenvalue weighted by Crippen LogP contribution is -2.76. The Labute approximate surface area is 346 Å². The van der Waals surface area contributed by atoms with Crippen LogP contribution >= 0.6 is 11.3 Å². The number of benzene rings is 2. The number of Topliss-reactive ketones (excluding diaryl/α,β-unsaturated/α-hetero) is 1. The molecule has 4 saturated carbocycles. The molecule has 5 atom stereocenters. The van der Waals surface area contributed by atoms with E-state index < -0.39 is 23.9 Å². The highest BCUT2D eigenvalue weighted by Crippen LogP contribution is 2.67. The van der Waals surface area contributed by atoms with E-state index in [9.17, 15) is 19.8 Å². The van der Waals surface area contributed by atoms with E-state index in [1.165, 1.54) is 5.69 Å². The Bertz CT molecular complexity index is 2490. The standard InChI is InChI=1S/C45H49N7O6S/c1-24(2)39(40(55)32-17-30(53)18-33(32)43(56)48-25(3)27-9-11-28(12-10-27)41-26(4)46-23-59-41)36-19-38(52-58-36)57-14-13-47-45-20-44(21-45,22-45)37-16-29-15-34(50-51-42(29)49-37)31-7-5-6-8-35(31)54/h5-12,15-16,19,23-25,30,32-33,39,47,53-54H,13-14,17-18,20-22H2,1-4H3,(H,48,56)(H,49,51)/t25-,30-,32?,33+,39+,44?,45?/m0/s1. The third kappa shape index (κ3) is 7.31. The van der Waals surface area contributed by atoms with E-state index in [0.29, 0.717) is 36.0 Å². The zero-order valence-corrected chi connectivity index (χ0v) is 34.4. The number of ketones is 1. The van der Waals surface area contributed by atoms with Gasteiger partial charge < -0.3 is 35.1 Å². The minimum atomic E-state index is -0.747. The number of phenols is 1. The van der Waals surface area contributed by atoms with Crippen molar-refractivity contribution in [2.24, 2.45) is 17.8 Å². The molecule has 1 amide bonds. The van der Waals surface area contributed by atoms with Crippen LogP contribution in [0.1, 0.15) is 87.5 Å². The average Bonchev–Trinajstić information content (AvgIpc) is 4.00. The number of carbonyl (C=O) groups excluding carboxylic acids is 2. The lowest BCUT2D eigenvalue weighted by molar-refractivity contribution is -0.134. The number of nitrogens with zero attached hydrogens (tertiary/aromatic N) is 4. The Morgan fingerprint density at radius 2 is 1.78 bits per heavy atom. The quantitative estimate of drug-likeness (QED) is 0.0662. The number of ether oxygens (including phenoxy) is 1. The molecular weight excluding hydrogens is 767 g/mol. The van der Waals surface area contributed by atoms with E-state index in [0.717, 1.165) is 52.0 Å². The lowest BCUT2D eigenvalue weighted by Gasteiger charge is -2.70. The molecule has 0 spiro atoms. The van der Waals surface area contributed by atoms with Crippen molar-refractivity contribution < 1.29 is 29.1 Å². The van der Waals surface area contributed by atoms with Crippen molar-refractivity contribution in [3.8, 4) is 33.3 Å². The molecule has 6 aromatic rings. The van der Waals surface area contributed by atoms with Crippen LogP contribution < -0.4 is 15.4 Å². The lowest BCUT2D eigenvalue weighted by atomic mass is 9.38. The Kier molecular flexibility index (Phi) is 10.1. The van der Waals surface area contributed by atoms with E-state index in [4.69, 9.17) is 9.26 Å². The van der Waals surface area contributed by atoms with Crippen molar-refractivity contribution in [2.75, 3.05) is 13.2 Å². The summed E-state index contributed by atoms with van der Waals surface area (Å²) in [5, 5.41) is 41.6. The molecule has 0 radical (unpaired) electrons. The summed E-state index contributed by atoms with van der Waals surface area (Å²) in [7, 11) is 0. The fourth-order valence-corrected chi connectivity index (χ4v) is 10.6. The number of aryl methyl sites for hydroxylation is 1. The Morgan fingerprint density at radius 3 is 2.51 bits per heavy atom.